The Balaban J connectivity index is 2.16. The van der Waals surface area contributed by atoms with Crippen LogP contribution in [0.2, 0.25) is 0 Å². The van der Waals surface area contributed by atoms with E-state index in [0.29, 0.717) is 27.4 Å². The number of pyridine rings is 1. The molecule has 1 amide bonds. The number of carbonyl (C=O) groups excluding carboxylic acids is 1. The highest BCUT2D eigenvalue weighted by molar-refractivity contribution is 9.10. The highest BCUT2D eigenvalue weighted by Crippen LogP contribution is 2.21. The van der Waals surface area contributed by atoms with Crippen molar-refractivity contribution in [1.82, 2.24) is 10.1 Å². The number of rotatable bonds is 4. The second kappa shape index (κ2) is 5.97. The molecule has 6 heteroatoms. The molecule has 0 saturated heterocycles. The summed E-state index contributed by atoms with van der Waals surface area (Å²) < 4.78 is 5.80. The minimum atomic E-state index is -0.220. The van der Waals surface area contributed by atoms with Crippen LogP contribution >= 0.6 is 15.9 Å². The predicted molar refractivity (Wildman–Crippen MR) is 74.9 cm³/mol. The fraction of sp³-hybridized carbons (Fsp3) is 0.308. The SMILES string of the molecule is CC(C)Cc1oncc1NC(=O)c1ccncc1Br. The largest absolute Gasteiger partial charge is 0.359 e. The standard InChI is InChI=1S/C13H14BrN3O2/c1-8(2)5-12-11(7-16-19-12)17-13(18)9-3-4-15-6-10(9)14/h3-4,6-8H,5H2,1-2H3,(H,17,18). The molecule has 0 spiro atoms. The molecule has 0 aromatic carbocycles. The molecule has 5 nitrogen and oxygen atoms in total. The smallest absolute Gasteiger partial charge is 0.257 e. The Morgan fingerprint density at radius 2 is 2.26 bits per heavy atom. The number of nitrogens with one attached hydrogen (secondary N) is 1. The predicted octanol–water partition coefficient (Wildman–Crippen LogP) is 3.28. The molecule has 0 aliphatic heterocycles. The topological polar surface area (TPSA) is 68.0 Å². The van der Waals surface area contributed by atoms with Crippen molar-refractivity contribution in [3.8, 4) is 0 Å². The molecule has 1 N–H and O–H groups in total. The van der Waals surface area contributed by atoms with Gasteiger partial charge in [-0.25, -0.2) is 0 Å². The van der Waals surface area contributed by atoms with Crippen LogP contribution in [0.25, 0.3) is 0 Å². The van der Waals surface area contributed by atoms with Crippen LogP contribution in [0.3, 0.4) is 0 Å². The molecule has 2 aromatic heterocycles. The maximum absolute atomic E-state index is 12.1. The van der Waals surface area contributed by atoms with Gasteiger partial charge in [0.25, 0.3) is 5.91 Å². The molecule has 0 unspecified atom stereocenters. The van der Waals surface area contributed by atoms with Crippen LogP contribution in [0.1, 0.15) is 30.0 Å². The highest BCUT2D eigenvalue weighted by Gasteiger charge is 2.15. The number of anilines is 1. The van der Waals surface area contributed by atoms with E-state index in [4.69, 9.17) is 4.52 Å². The summed E-state index contributed by atoms with van der Waals surface area (Å²) in [4.78, 5) is 16.1. The third-order valence-electron chi connectivity index (χ3n) is 2.50. The van der Waals surface area contributed by atoms with E-state index in [0.717, 1.165) is 6.42 Å². The van der Waals surface area contributed by atoms with E-state index in [1.807, 2.05) is 0 Å². The Kier molecular flexibility index (Phi) is 4.31. The Hall–Kier alpha value is -1.69. The zero-order valence-electron chi connectivity index (χ0n) is 10.7. The molecule has 0 atom stereocenters. The number of hydrogen-bond donors (Lipinski definition) is 1. The lowest BCUT2D eigenvalue weighted by molar-refractivity contribution is 0.102. The van der Waals surface area contributed by atoms with Gasteiger partial charge in [0.2, 0.25) is 0 Å². The van der Waals surface area contributed by atoms with Crippen molar-refractivity contribution in [2.75, 3.05) is 5.32 Å². The van der Waals surface area contributed by atoms with Gasteiger partial charge >= 0.3 is 0 Å². The lowest BCUT2D eigenvalue weighted by Gasteiger charge is -2.07. The van der Waals surface area contributed by atoms with E-state index in [-0.39, 0.29) is 5.91 Å². The third kappa shape index (κ3) is 3.41. The van der Waals surface area contributed by atoms with Gasteiger partial charge in [0.05, 0.1) is 11.8 Å². The summed E-state index contributed by atoms with van der Waals surface area (Å²) in [5, 5.41) is 6.53. The fourth-order valence-corrected chi connectivity index (χ4v) is 2.06. The number of hydrogen-bond acceptors (Lipinski definition) is 4. The van der Waals surface area contributed by atoms with Gasteiger partial charge in [0, 0.05) is 23.3 Å². The quantitative estimate of drug-likeness (QED) is 0.937. The molecule has 0 aliphatic carbocycles. The first-order valence-corrected chi connectivity index (χ1v) is 6.71. The van der Waals surface area contributed by atoms with Gasteiger partial charge in [-0.05, 0) is 27.9 Å². The minimum absolute atomic E-state index is 0.220. The maximum Gasteiger partial charge on any atom is 0.257 e. The molecule has 0 bridgehead atoms. The van der Waals surface area contributed by atoms with Crippen molar-refractivity contribution in [3.63, 3.8) is 0 Å². The Bertz CT molecular complexity index is 581. The molecular formula is C13H14BrN3O2. The summed E-state index contributed by atoms with van der Waals surface area (Å²) in [6, 6.07) is 1.65. The summed E-state index contributed by atoms with van der Waals surface area (Å²) >= 11 is 3.30. The van der Waals surface area contributed by atoms with Crippen molar-refractivity contribution in [2.45, 2.75) is 20.3 Å². The molecule has 0 aliphatic rings. The van der Waals surface area contributed by atoms with E-state index < -0.39 is 0 Å². The summed E-state index contributed by atoms with van der Waals surface area (Å²) in [6.45, 7) is 4.15. The van der Waals surface area contributed by atoms with Crippen molar-refractivity contribution >= 4 is 27.5 Å². The number of carbonyl (C=O) groups is 1. The van der Waals surface area contributed by atoms with Crippen LogP contribution in [0.5, 0.6) is 0 Å². The van der Waals surface area contributed by atoms with Gasteiger partial charge in [-0.1, -0.05) is 19.0 Å². The van der Waals surface area contributed by atoms with Crippen molar-refractivity contribution in [2.24, 2.45) is 5.92 Å². The van der Waals surface area contributed by atoms with Crippen LogP contribution in [0.15, 0.2) is 33.7 Å². The van der Waals surface area contributed by atoms with E-state index in [1.54, 1.807) is 18.5 Å². The number of nitrogens with zero attached hydrogens (tertiary/aromatic N) is 2. The van der Waals surface area contributed by atoms with Gasteiger partial charge in [-0.3, -0.25) is 9.78 Å². The Morgan fingerprint density at radius 1 is 1.47 bits per heavy atom. The van der Waals surface area contributed by atoms with Gasteiger partial charge in [0.15, 0.2) is 5.76 Å². The first kappa shape index (κ1) is 13.7. The average molecular weight is 324 g/mol. The number of aromatic nitrogens is 2. The van der Waals surface area contributed by atoms with Crippen LogP contribution < -0.4 is 5.32 Å². The Labute approximate surface area is 119 Å². The average Bonchev–Trinajstić information content (AvgIpc) is 2.76. The van der Waals surface area contributed by atoms with Crippen LogP contribution in [0, 0.1) is 5.92 Å². The van der Waals surface area contributed by atoms with Crippen LogP contribution in [-0.2, 0) is 6.42 Å². The molecule has 2 heterocycles. The molecule has 0 radical (unpaired) electrons. The minimum Gasteiger partial charge on any atom is -0.359 e. The van der Waals surface area contributed by atoms with Crippen molar-refractivity contribution in [1.29, 1.82) is 0 Å². The molecule has 0 saturated carbocycles. The monoisotopic (exact) mass is 323 g/mol. The lowest BCUT2D eigenvalue weighted by atomic mass is 10.1. The highest BCUT2D eigenvalue weighted by atomic mass is 79.9. The number of amides is 1. The summed E-state index contributed by atoms with van der Waals surface area (Å²) in [5.74, 6) is 0.896. The van der Waals surface area contributed by atoms with Crippen LogP contribution in [0.4, 0.5) is 5.69 Å². The maximum atomic E-state index is 12.1. The van der Waals surface area contributed by atoms with Gasteiger partial charge in [-0.15, -0.1) is 0 Å². The zero-order chi connectivity index (χ0) is 13.8. The van der Waals surface area contributed by atoms with Gasteiger partial charge < -0.3 is 9.84 Å². The third-order valence-corrected chi connectivity index (χ3v) is 3.14. The molecule has 19 heavy (non-hydrogen) atoms. The second-order valence-electron chi connectivity index (χ2n) is 4.57. The van der Waals surface area contributed by atoms with Gasteiger partial charge in [0.1, 0.15) is 5.69 Å². The fourth-order valence-electron chi connectivity index (χ4n) is 1.63. The first-order chi connectivity index (χ1) is 9.08. The normalized spacial score (nSPS) is 10.7. The van der Waals surface area contributed by atoms with E-state index in [1.165, 1.54) is 6.20 Å². The molecular weight excluding hydrogens is 310 g/mol. The molecule has 2 rings (SSSR count). The molecule has 0 fully saturated rings. The number of halogens is 1. The summed E-state index contributed by atoms with van der Waals surface area (Å²) in [7, 11) is 0. The van der Waals surface area contributed by atoms with Crippen LogP contribution in [-0.4, -0.2) is 16.0 Å². The summed E-state index contributed by atoms with van der Waals surface area (Å²) in [5.41, 5.74) is 1.13. The first-order valence-electron chi connectivity index (χ1n) is 5.92. The summed E-state index contributed by atoms with van der Waals surface area (Å²) in [6.07, 6.45) is 5.40. The van der Waals surface area contributed by atoms with E-state index >= 15 is 0 Å². The molecule has 2 aromatic rings. The van der Waals surface area contributed by atoms with E-state index in [9.17, 15) is 4.79 Å². The van der Waals surface area contributed by atoms with E-state index in [2.05, 4.69) is 45.2 Å². The lowest BCUT2D eigenvalue weighted by Crippen LogP contribution is -2.13. The van der Waals surface area contributed by atoms with Crippen molar-refractivity contribution < 1.29 is 9.32 Å². The zero-order valence-corrected chi connectivity index (χ0v) is 12.3. The second-order valence-corrected chi connectivity index (χ2v) is 5.42. The Morgan fingerprint density at radius 3 is 2.95 bits per heavy atom. The molecule has 100 valence electrons. The van der Waals surface area contributed by atoms with Gasteiger partial charge in [-0.2, -0.15) is 0 Å². The van der Waals surface area contributed by atoms with Crippen molar-refractivity contribution in [3.05, 3.63) is 40.5 Å².